The Morgan fingerprint density at radius 1 is 0.560 bits per heavy atom. The average Bonchev–Trinajstić information content (AvgIpc) is 3.64. The van der Waals surface area contributed by atoms with Crippen LogP contribution in [-0.2, 0) is 26.5 Å². The van der Waals surface area contributed by atoms with Crippen LogP contribution >= 0.6 is 0 Å². The summed E-state index contributed by atoms with van der Waals surface area (Å²) < 4.78 is 10.9. The molecule has 50 heavy (non-hydrogen) atoms. The molecule has 6 nitrogen and oxygen atoms in total. The first-order valence-electron chi connectivity index (χ1n) is 16.3. The monoisotopic (exact) mass is 828 g/mol. The van der Waals surface area contributed by atoms with Gasteiger partial charge >= 0.3 is 21.1 Å². The second-order valence-corrected chi connectivity index (χ2v) is 13.3. The molecule has 0 fully saturated rings. The van der Waals surface area contributed by atoms with Gasteiger partial charge in [0.15, 0.2) is 0 Å². The van der Waals surface area contributed by atoms with Gasteiger partial charge in [0, 0.05) is 52.9 Å². The second-order valence-electron chi connectivity index (χ2n) is 13.3. The minimum absolute atomic E-state index is 0. The van der Waals surface area contributed by atoms with Crippen LogP contribution in [0, 0.1) is 12.1 Å². The molecule has 5 aromatic heterocycles. The zero-order chi connectivity index (χ0) is 33.1. The van der Waals surface area contributed by atoms with Crippen molar-refractivity contribution in [3.8, 4) is 34.3 Å². The van der Waals surface area contributed by atoms with Gasteiger partial charge in [-0.15, -0.1) is 35.0 Å². The fraction of sp³-hybridized carbons (Fsp3) is 0.0930. The van der Waals surface area contributed by atoms with Crippen molar-refractivity contribution in [3.63, 3.8) is 0 Å². The van der Waals surface area contributed by atoms with Crippen molar-refractivity contribution in [2.45, 2.75) is 26.2 Å². The third-order valence-electron chi connectivity index (χ3n) is 9.16. The Labute approximate surface area is 304 Å². The molecule has 0 N–H and O–H groups in total. The number of nitrogens with zero attached hydrogens (tertiary/aromatic N) is 5. The number of para-hydroxylation sites is 2. The minimum Gasteiger partial charge on any atom is -0.509 e. The van der Waals surface area contributed by atoms with Crippen molar-refractivity contribution >= 4 is 43.6 Å². The van der Waals surface area contributed by atoms with Crippen LogP contribution < -0.4 is 4.74 Å². The number of hydrogen-bond donors (Lipinski definition) is 0. The second kappa shape index (κ2) is 12.4. The topological polar surface area (TPSA) is 57.8 Å². The summed E-state index contributed by atoms with van der Waals surface area (Å²) in [6, 6.07) is 44.5. The van der Waals surface area contributed by atoms with E-state index in [2.05, 4.69) is 126 Å². The van der Waals surface area contributed by atoms with Crippen LogP contribution in [-0.4, -0.2) is 24.1 Å². The fourth-order valence-corrected chi connectivity index (χ4v) is 6.70. The van der Waals surface area contributed by atoms with Crippen LogP contribution in [0.15, 0.2) is 134 Å². The maximum atomic E-state index is 6.54. The number of aromatic nitrogens is 5. The minimum atomic E-state index is -0.0114. The summed E-state index contributed by atoms with van der Waals surface area (Å²) in [7, 11) is 0. The Morgan fingerprint density at radius 3 is 1.74 bits per heavy atom. The van der Waals surface area contributed by atoms with Gasteiger partial charge in [0.2, 0.25) is 0 Å². The van der Waals surface area contributed by atoms with Crippen molar-refractivity contribution in [2.75, 3.05) is 0 Å². The summed E-state index contributed by atoms with van der Waals surface area (Å²) in [5, 5.41) is 4.44. The van der Waals surface area contributed by atoms with E-state index in [1.807, 2.05) is 42.7 Å². The molecule has 0 saturated heterocycles. The van der Waals surface area contributed by atoms with E-state index in [1.165, 1.54) is 5.56 Å². The van der Waals surface area contributed by atoms with Crippen LogP contribution in [0.2, 0.25) is 0 Å². The zero-order valence-corrected chi connectivity index (χ0v) is 29.9. The average molecular weight is 829 g/mol. The molecule has 0 atom stereocenters. The quantitative estimate of drug-likeness (QED) is 0.162. The van der Waals surface area contributed by atoms with Crippen molar-refractivity contribution < 1.29 is 25.8 Å². The molecule has 0 unspecified atom stereocenters. The van der Waals surface area contributed by atoms with Crippen LogP contribution in [0.5, 0.6) is 11.5 Å². The maximum Gasteiger partial charge on any atom is 2.00 e. The first-order chi connectivity index (χ1) is 23.9. The van der Waals surface area contributed by atoms with Crippen molar-refractivity contribution in [1.29, 1.82) is 0 Å². The summed E-state index contributed by atoms with van der Waals surface area (Å²) in [6.07, 6.45) is 7.38. The zero-order valence-electron chi connectivity index (χ0n) is 27.7. The molecule has 0 radical (unpaired) electrons. The molecular weight excluding hydrogens is 798 g/mol. The molecule has 244 valence electrons. The predicted octanol–water partition coefficient (Wildman–Crippen LogP) is 10.4. The molecular formula is C43H31N5OPt. The number of hydrogen-bond acceptors (Lipinski definition) is 4. The van der Waals surface area contributed by atoms with Crippen molar-refractivity contribution in [1.82, 2.24) is 24.1 Å². The number of benzene rings is 4. The molecule has 9 rings (SSSR count). The molecule has 0 aliphatic heterocycles. The third kappa shape index (κ3) is 5.37. The summed E-state index contributed by atoms with van der Waals surface area (Å²) in [4.78, 5) is 13.8. The standard InChI is InChI=1S/C43H31N5O.Pt/c1-43(2,3)30-20-23-45-42(24-30)48-38-11-7-5-9-34(38)36-16-14-32(26-40(36)48)49-31-13-15-35-33-8-4-6-10-37(33)47(39(35)25-31)41-17-12-29(27-46-41)28-18-21-44-22-19-28;/h4-24,27H,1-3H3;/q-2;+2. The van der Waals surface area contributed by atoms with Crippen LogP contribution in [0.1, 0.15) is 26.3 Å². The number of rotatable bonds is 5. The van der Waals surface area contributed by atoms with E-state index in [-0.39, 0.29) is 26.5 Å². The smallest absolute Gasteiger partial charge is 0.509 e. The summed E-state index contributed by atoms with van der Waals surface area (Å²) in [6.45, 7) is 6.66. The Hall–Kier alpha value is -5.58. The molecule has 0 aliphatic carbocycles. The fourth-order valence-electron chi connectivity index (χ4n) is 6.70. The van der Waals surface area contributed by atoms with Gasteiger partial charge in [-0.25, -0.2) is 9.97 Å². The van der Waals surface area contributed by atoms with E-state index >= 15 is 0 Å². The van der Waals surface area contributed by atoms with E-state index < -0.39 is 0 Å². The largest absolute Gasteiger partial charge is 2.00 e. The van der Waals surface area contributed by atoms with Gasteiger partial charge in [-0.2, -0.15) is 12.1 Å². The van der Waals surface area contributed by atoms with Gasteiger partial charge in [-0.1, -0.05) is 68.2 Å². The Balaban J connectivity index is 0.00000361. The van der Waals surface area contributed by atoms with Crippen molar-refractivity contribution in [3.05, 3.63) is 152 Å². The first-order valence-corrected chi connectivity index (χ1v) is 16.3. The van der Waals surface area contributed by atoms with Gasteiger partial charge in [0.1, 0.15) is 11.6 Å². The Bertz CT molecular complexity index is 2670. The number of ether oxygens (including phenoxy) is 1. The van der Waals surface area contributed by atoms with Gasteiger partial charge in [-0.3, -0.25) is 4.98 Å². The molecule has 0 bridgehead atoms. The van der Waals surface area contributed by atoms with Gasteiger partial charge < -0.3 is 13.9 Å². The predicted molar refractivity (Wildman–Crippen MR) is 197 cm³/mol. The van der Waals surface area contributed by atoms with E-state index in [4.69, 9.17) is 14.7 Å². The molecule has 7 heteroatoms. The van der Waals surface area contributed by atoms with Crippen LogP contribution in [0.4, 0.5) is 0 Å². The van der Waals surface area contributed by atoms with E-state index in [0.717, 1.165) is 66.4 Å². The summed E-state index contributed by atoms with van der Waals surface area (Å²) >= 11 is 0. The molecule has 0 aliphatic rings. The SMILES string of the molecule is CC(C)(C)c1ccnc(-n2c3[c-]c(Oc4[c-]c5c(cc4)c4ccccc4n5-c4ccc(-c5ccncc5)cn4)ccc3c3ccccc32)c1.[Pt+2]. The van der Waals surface area contributed by atoms with E-state index in [1.54, 1.807) is 12.4 Å². The van der Waals surface area contributed by atoms with Crippen LogP contribution in [0.3, 0.4) is 0 Å². The Kier molecular flexibility index (Phi) is 7.85. The number of pyridine rings is 3. The molecule has 0 spiro atoms. The molecule has 9 aromatic rings. The van der Waals surface area contributed by atoms with E-state index in [9.17, 15) is 0 Å². The third-order valence-corrected chi connectivity index (χ3v) is 9.16. The Morgan fingerprint density at radius 2 is 1.16 bits per heavy atom. The van der Waals surface area contributed by atoms with Crippen molar-refractivity contribution in [2.24, 2.45) is 0 Å². The molecule has 0 saturated carbocycles. The normalized spacial score (nSPS) is 11.7. The van der Waals surface area contributed by atoms with Gasteiger partial charge in [-0.05, 0) is 75.8 Å². The molecule has 0 amide bonds. The van der Waals surface area contributed by atoms with E-state index in [0.29, 0.717) is 11.5 Å². The summed E-state index contributed by atoms with van der Waals surface area (Å²) in [5.41, 5.74) is 7.24. The molecule has 5 heterocycles. The molecule has 4 aromatic carbocycles. The van der Waals surface area contributed by atoms with Gasteiger partial charge in [0.25, 0.3) is 0 Å². The van der Waals surface area contributed by atoms with Gasteiger partial charge in [0.05, 0.1) is 0 Å². The number of fused-ring (bicyclic) bond motifs is 6. The summed E-state index contributed by atoms with van der Waals surface area (Å²) in [5.74, 6) is 2.85. The maximum absolute atomic E-state index is 6.54. The van der Waals surface area contributed by atoms with Crippen LogP contribution in [0.25, 0.3) is 66.4 Å². The first kappa shape index (κ1) is 31.7.